The van der Waals surface area contributed by atoms with E-state index in [0.29, 0.717) is 6.42 Å². The molecule has 2 aliphatic rings. The first kappa shape index (κ1) is 17.9. The summed E-state index contributed by atoms with van der Waals surface area (Å²) in [7, 11) is 0. The molecule has 0 saturated carbocycles. The molecular formula is C23H19IN2OS. The van der Waals surface area contributed by atoms with Crippen LogP contribution in [-0.4, -0.2) is 5.78 Å². The van der Waals surface area contributed by atoms with Crippen molar-refractivity contribution in [2.45, 2.75) is 24.8 Å². The molecular weight excluding hydrogens is 479 g/mol. The number of hydrogen-bond donors (Lipinski definition) is 2. The summed E-state index contributed by atoms with van der Waals surface area (Å²) in [5.41, 5.74) is 5.12. The Morgan fingerprint density at radius 2 is 1.82 bits per heavy atom. The van der Waals surface area contributed by atoms with E-state index in [9.17, 15) is 4.79 Å². The molecule has 0 saturated heterocycles. The van der Waals surface area contributed by atoms with Crippen LogP contribution < -0.4 is 10.6 Å². The van der Waals surface area contributed by atoms with Crippen molar-refractivity contribution in [2.24, 2.45) is 0 Å². The summed E-state index contributed by atoms with van der Waals surface area (Å²) >= 11 is 4.07. The average molecular weight is 498 g/mol. The molecule has 5 rings (SSSR count). The fourth-order valence-corrected chi connectivity index (χ4v) is 5.55. The van der Waals surface area contributed by atoms with E-state index in [4.69, 9.17) is 0 Å². The van der Waals surface area contributed by atoms with Crippen LogP contribution in [0.25, 0.3) is 0 Å². The largest absolute Gasteiger partial charge is 0.372 e. The minimum Gasteiger partial charge on any atom is -0.372 e. The molecule has 0 unspecified atom stereocenters. The predicted octanol–water partition coefficient (Wildman–Crippen LogP) is 6.33. The van der Waals surface area contributed by atoms with Crippen LogP contribution in [0.3, 0.4) is 0 Å². The fourth-order valence-electron chi connectivity index (χ4n) is 4.15. The van der Waals surface area contributed by atoms with Gasteiger partial charge in [-0.1, -0.05) is 30.3 Å². The highest BCUT2D eigenvalue weighted by Gasteiger charge is 2.36. The van der Waals surface area contributed by atoms with Gasteiger partial charge in [-0.2, -0.15) is 0 Å². The summed E-state index contributed by atoms with van der Waals surface area (Å²) in [5.74, 6) is 0.483. The number of para-hydroxylation sites is 2. The Hall–Kier alpha value is -2.12. The highest BCUT2D eigenvalue weighted by atomic mass is 127. The van der Waals surface area contributed by atoms with Crippen LogP contribution >= 0.6 is 33.9 Å². The van der Waals surface area contributed by atoms with Gasteiger partial charge in [0.2, 0.25) is 0 Å². The number of carbonyl (C=O) groups excluding carboxylic acids is 1. The van der Waals surface area contributed by atoms with Gasteiger partial charge in [0, 0.05) is 32.1 Å². The molecule has 2 heterocycles. The Balaban J connectivity index is 1.64. The molecule has 28 heavy (non-hydrogen) atoms. The fraction of sp³-hybridized carbons (Fsp3) is 0.174. The first-order chi connectivity index (χ1) is 13.7. The molecule has 2 N–H and O–H groups in total. The van der Waals surface area contributed by atoms with Gasteiger partial charge in [-0.25, -0.2) is 0 Å². The van der Waals surface area contributed by atoms with Crippen LogP contribution in [-0.2, 0) is 4.79 Å². The minimum atomic E-state index is -0.141. The topological polar surface area (TPSA) is 41.1 Å². The second-order valence-electron chi connectivity index (χ2n) is 7.24. The quantitative estimate of drug-likeness (QED) is 0.406. The van der Waals surface area contributed by atoms with Crippen LogP contribution in [0.2, 0.25) is 0 Å². The molecule has 3 aromatic rings. The number of ketones is 1. The van der Waals surface area contributed by atoms with Crippen molar-refractivity contribution < 1.29 is 4.79 Å². The molecule has 2 aromatic carbocycles. The van der Waals surface area contributed by atoms with E-state index in [2.05, 4.69) is 87.1 Å². The Bertz CT molecular complexity index is 1070. The van der Waals surface area contributed by atoms with Crippen molar-refractivity contribution in [3.8, 4) is 0 Å². The van der Waals surface area contributed by atoms with E-state index in [0.717, 1.165) is 34.6 Å². The highest BCUT2D eigenvalue weighted by molar-refractivity contribution is 14.1. The lowest BCUT2D eigenvalue weighted by atomic mass is 9.81. The lowest BCUT2D eigenvalue weighted by Crippen LogP contribution is -2.26. The van der Waals surface area contributed by atoms with Crippen LogP contribution in [0.5, 0.6) is 0 Å². The van der Waals surface area contributed by atoms with Gasteiger partial charge in [0.05, 0.1) is 17.4 Å². The van der Waals surface area contributed by atoms with Crippen molar-refractivity contribution in [1.29, 1.82) is 0 Å². The zero-order valence-electron chi connectivity index (χ0n) is 15.1. The lowest BCUT2D eigenvalue weighted by molar-refractivity contribution is -0.116. The number of carbonyl (C=O) groups is 1. The molecule has 0 amide bonds. The van der Waals surface area contributed by atoms with E-state index in [1.807, 2.05) is 12.1 Å². The van der Waals surface area contributed by atoms with Crippen molar-refractivity contribution >= 4 is 51.1 Å². The van der Waals surface area contributed by atoms with Crippen LogP contribution in [0.4, 0.5) is 11.4 Å². The molecule has 2 atom stereocenters. The van der Waals surface area contributed by atoms with Crippen LogP contribution in [0.1, 0.15) is 35.2 Å². The smallest absolute Gasteiger partial charge is 0.163 e. The standard InChI is InChI=1S/C23H19IN2OS/c24-16-6-3-5-14(11-16)23-22-19(25-17-7-1-2-8-18(17)26-23)12-15(13-20(22)27)21-9-4-10-28-21/h1-11,15,23,25-26H,12-13H2/t15-,23+/m0/s1. The number of benzene rings is 2. The zero-order chi connectivity index (χ0) is 19.1. The SMILES string of the molecule is O=C1C[C@@H](c2cccs2)CC2=C1[C@@H](c1cccc(I)c1)Nc1ccccc1N2. The van der Waals surface area contributed by atoms with Gasteiger partial charge < -0.3 is 10.6 Å². The number of nitrogens with one attached hydrogen (secondary N) is 2. The molecule has 140 valence electrons. The van der Waals surface area contributed by atoms with Gasteiger partial charge in [0.15, 0.2) is 5.78 Å². The number of allylic oxidation sites excluding steroid dienone is 1. The Kier molecular flexibility index (Phi) is 4.72. The Labute approximate surface area is 182 Å². The summed E-state index contributed by atoms with van der Waals surface area (Å²) in [4.78, 5) is 14.7. The summed E-state index contributed by atoms with van der Waals surface area (Å²) in [5, 5.41) is 9.33. The number of halogens is 1. The zero-order valence-corrected chi connectivity index (χ0v) is 18.1. The van der Waals surface area contributed by atoms with Crippen molar-refractivity contribution in [2.75, 3.05) is 10.6 Å². The molecule has 1 aromatic heterocycles. The van der Waals surface area contributed by atoms with E-state index in [-0.39, 0.29) is 17.7 Å². The van der Waals surface area contributed by atoms with Gasteiger partial charge in [0.25, 0.3) is 0 Å². The normalized spacial score (nSPS) is 21.2. The molecule has 3 nitrogen and oxygen atoms in total. The first-order valence-electron chi connectivity index (χ1n) is 9.37. The third kappa shape index (κ3) is 3.26. The molecule has 0 radical (unpaired) electrons. The van der Waals surface area contributed by atoms with Gasteiger partial charge in [-0.15, -0.1) is 11.3 Å². The lowest BCUT2D eigenvalue weighted by Gasteiger charge is -2.29. The summed E-state index contributed by atoms with van der Waals surface area (Å²) in [6, 6.07) is 20.7. The number of anilines is 2. The maximum absolute atomic E-state index is 13.4. The van der Waals surface area contributed by atoms with E-state index < -0.39 is 0 Å². The minimum absolute atomic E-state index is 0.141. The number of hydrogen-bond acceptors (Lipinski definition) is 4. The third-order valence-corrected chi connectivity index (χ3v) is 7.14. The van der Waals surface area contributed by atoms with Gasteiger partial charge >= 0.3 is 0 Å². The summed E-state index contributed by atoms with van der Waals surface area (Å²) < 4.78 is 1.17. The summed E-state index contributed by atoms with van der Waals surface area (Å²) in [6.07, 6.45) is 1.43. The number of Topliss-reactive ketones (excluding diaryl/α,β-unsaturated/α-hetero) is 1. The second kappa shape index (κ2) is 7.37. The van der Waals surface area contributed by atoms with Crippen LogP contribution in [0, 0.1) is 3.57 Å². The predicted molar refractivity (Wildman–Crippen MR) is 124 cm³/mol. The number of fused-ring (bicyclic) bond motifs is 1. The van der Waals surface area contributed by atoms with E-state index in [1.54, 1.807) is 11.3 Å². The molecule has 1 aliphatic carbocycles. The van der Waals surface area contributed by atoms with Gasteiger partial charge in [0.1, 0.15) is 0 Å². The summed E-state index contributed by atoms with van der Waals surface area (Å²) in [6.45, 7) is 0. The molecule has 0 fully saturated rings. The molecule has 0 spiro atoms. The monoisotopic (exact) mass is 498 g/mol. The van der Waals surface area contributed by atoms with Gasteiger partial charge in [-0.05, 0) is 70.3 Å². The number of thiophene rings is 1. The molecule has 1 aliphatic heterocycles. The maximum atomic E-state index is 13.4. The number of rotatable bonds is 2. The second-order valence-corrected chi connectivity index (χ2v) is 9.46. The van der Waals surface area contributed by atoms with Crippen LogP contribution in [0.15, 0.2) is 77.3 Å². The van der Waals surface area contributed by atoms with E-state index >= 15 is 0 Å². The molecule has 0 bridgehead atoms. The van der Waals surface area contributed by atoms with Crippen molar-refractivity contribution in [1.82, 2.24) is 0 Å². The van der Waals surface area contributed by atoms with Crippen molar-refractivity contribution in [3.63, 3.8) is 0 Å². The van der Waals surface area contributed by atoms with Crippen molar-refractivity contribution in [3.05, 3.63) is 91.3 Å². The molecule has 5 heteroatoms. The first-order valence-corrected chi connectivity index (χ1v) is 11.3. The van der Waals surface area contributed by atoms with E-state index in [1.165, 1.54) is 8.45 Å². The third-order valence-electron chi connectivity index (χ3n) is 5.44. The maximum Gasteiger partial charge on any atom is 0.163 e. The average Bonchev–Trinajstić information content (AvgIpc) is 3.17. The Morgan fingerprint density at radius 3 is 2.61 bits per heavy atom. The van der Waals surface area contributed by atoms with Gasteiger partial charge in [-0.3, -0.25) is 4.79 Å². The highest BCUT2D eigenvalue weighted by Crippen LogP contribution is 2.44. The Morgan fingerprint density at radius 1 is 0.964 bits per heavy atom.